The molecule has 1 heterocycles. The van der Waals surface area contributed by atoms with Gasteiger partial charge < -0.3 is 4.98 Å². The molecule has 0 saturated heterocycles. The van der Waals surface area contributed by atoms with Crippen LogP contribution < -0.4 is 5.69 Å². The Balaban J connectivity index is 2.97. The summed E-state index contributed by atoms with van der Waals surface area (Å²) in [5.74, 6) is 0. The average molecular weight is 181 g/mol. The van der Waals surface area contributed by atoms with Gasteiger partial charge in [0.05, 0.1) is 10.5 Å². The summed E-state index contributed by atoms with van der Waals surface area (Å²) in [6, 6.07) is 5.37. The standard InChI is InChI=1S/C8H5ClN2O/c9-6-3-1-2-5-4-10-8(12)11-7(5)6/h1-4H,(H,10,11,12). The van der Waals surface area contributed by atoms with Crippen LogP contribution >= 0.6 is 11.6 Å². The lowest BCUT2D eigenvalue weighted by atomic mass is 10.2. The molecule has 1 aromatic heterocycles. The van der Waals surface area contributed by atoms with Gasteiger partial charge in [-0.25, -0.2) is 9.78 Å². The van der Waals surface area contributed by atoms with Crippen molar-refractivity contribution >= 4 is 22.5 Å². The number of hydrogen-bond acceptors (Lipinski definition) is 2. The first-order valence-electron chi connectivity index (χ1n) is 3.41. The Hall–Kier alpha value is -1.35. The van der Waals surface area contributed by atoms with Gasteiger partial charge in [-0.1, -0.05) is 23.7 Å². The van der Waals surface area contributed by atoms with E-state index in [9.17, 15) is 4.79 Å². The Kier molecular flexibility index (Phi) is 1.59. The highest BCUT2D eigenvalue weighted by Gasteiger charge is 1.97. The van der Waals surface area contributed by atoms with Crippen LogP contribution in [0.15, 0.2) is 29.2 Å². The van der Waals surface area contributed by atoms with Gasteiger partial charge in [-0.05, 0) is 6.07 Å². The van der Waals surface area contributed by atoms with E-state index in [1.54, 1.807) is 6.07 Å². The summed E-state index contributed by atoms with van der Waals surface area (Å²) in [5, 5.41) is 1.37. The maximum Gasteiger partial charge on any atom is 0.345 e. The molecule has 12 heavy (non-hydrogen) atoms. The molecule has 3 nitrogen and oxygen atoms in total. The Bertz CT molecular complexity index is 478. The molecular formula is C8H5ClN2O. The van der Waals surface area contributed by atoms with E-state index in [1.807, 2.05) is 12.1 Å². The minimum atomic E-state index is -0.379. The van der Waals surface area contributed by atoms with Crippen LogP contribution in [0.4, 0.5) is 0 Å². The van der Waals surface area contributed by atoms with Gasteiger partial charge in [-0.2, -0.15) is 0 Å². The van der Waals surface area contributed by atoms with E-state index in [-0.39, 0.29) is 5.69 Å². The molecule has 2 rings (SSSR count). The topological polar surface area (TPSA) is 45.8 Å². The summed E-state index contributed by atoms with van der Waals surface area (Å²) in [6.07, 6.45) is 1.50. The summed E-state index contributed by atoms with van der Waals surface area (Å²) in [7, 11) is 0. The highest BCUT2D eigenvalue weighted by atomic mass is 35.5. The maximum atomic E-state index is 10.8. The zero-order chi connectivity index (χ0) is 8.55. The minimum absolute atomic E-state index is 0.379. The van der Waals surface area contributed by atoms with Crippen molar-refractivity contribution in [2.24, 2.45) is 0 Å². The molecule has 0 fully saturated rings. The second-order valence-electron chi connectivity index (χ2n) is 2.39. The smallest absolute Gasteiger partial charge is 0.304 e. The molecule has 0 saturated carbocycles. The SMILES string of the molecule is O=c1ncc2cccc(Cl)c2[nH]1. The quantitative estimate of drug-likeness (QED) is 0.669. The minimum Gasteiger partial charge on any atom is -0.304 e. The second-order valence-corrected chi connectivity index (χ2v) is 2.80. The molecule has 1 N–H and O–H groups in total. The van der Waals surface area contributed by atoms with Crippen molar-refractivity contribution in [2.45, 2.75) is 0 Å². The van der Waals surface area contributed by atoms with Crippen LogP contribution in [0.5, 0.6) is 0 Å². The lowest BCUT2D eigenvalue weighted by molar-refractivity contribution is 1.12. The molecule has 0 aliphatic heterocycles. The van der Waals surface area contributed by atoms with Crippen molar-refractivity contribution in [1.82, 2.24) is 9.97 Å². The number of nitrogens with zero attached hydrogens (tertiary/aromatic N) is 1. The number of aromatic nitrogens is 2. The average Bonchev–Trinajstić information content (AvgIpc) is 2.07. The molecular weight excluding hydrogens is 176 g/mol. The van der Waals surface area contributed by atoms with Crippen LogP contribution in [0, 0.1) is 0 Å². The third kappa shape index (κ3) is 1.08. The molecule has 0 spiro atoms. The Morgan fingerprint density at radius 2 is 2.25 bits per heavy atom. The van der Waals surface area contributed by atoms with E-state index in [1.165, 1.54) is 6.20 Å². The fraction of sp³-hybridized carbons (Fsp3) is 0. The fourth-order valence-corrected chi connectivity index (χ4v) is 1.28. The first-order chi connectivity index (χ1) is 5.77. The number of rotatable bonds is 0. The summed E-state index contributed by atoms with van der Waals surface area (Å²) < 4.78 is 0. The molecule has 4 heteroatoms. The second kappa shape index (κ2) is 2.60. The van der Waals surface area contributed by atoms with Gasteiger partial charge in [0.15, 0.2) is 0 Å². The van der Waals surface area contributed by atoms with Crippen molar-refractivity contribution in [3.05, 3.63) is 39.9 Å². The van der Waals surface area contributed by atoms with Gasteiger partial charge in [0.25, 0.3) is 0 Å². The van der Waals surface area contributed by atoms with Gasteiger partial charge in [0.1, 0.15) is 0 Å². The van der Waals surface area contributed by atoms with E-state index >= 15 is 0 Å². The molecule has 0 aliphatic rings. The molecule has 0 radical (unpaired) electrons. The van der Waals surface area contributed by atoms with Crippen LogP contribution in [0.25, 0.3) is 10.9 Å². The van der Waals surface area contributed by atoms with Gasteiger partial charge in [0, 0.05) is 11.6 Å². The monoisotopic (exact) mass is 180 g/mol. The van der Waals surface area contributed by atoms with Crippen molar-refractivity contribution in [1.29, 1.82) is 0 Å². The van der Waals surface area contributed by atoms with Crippen LogP contribution in [-0.2, 0) is 0 Å². The first kappa shape index (κ1) is 7.31. The molecule has 0 amide bonds. The number of aromatic amines is 1. The summed E-state index contributed by atoms with van der Waals surface area (Å²) >= 11 is 5.83. The molecule has 0 bridgehead atoms. The van der Waals surface area contributed by atoms with Gasteiger partial charge in [-0.3, -0.25) is 0 Å². The van der Waals surface area contributed by atoms with Crippen LogP contribution in [0.1, 0.15) is 0 Å². The van der Waals surface area contributed by atoms with Crippen LogP contribution in [0.2, 0.25) is 5.02 Å². The van der Waals surface area contributed by atoms with E-state index < -0.39 is 0 Å². The lowest BCUT2D eigenvalue weighted by Crippen LogP contribution is -2.08. The third-order valence-electron chi connectivity index (χ3n) is 1.60. The van der Waals surface area contributed by atoms with Crippen molar-refractivity contribution in [3.8, 4) is 0 Å². The van der Waals surface area contributed by atoms with Gasteiger partial charge in [0.2, 0.25) is 0 Å². The molecule has 0 atom stereocenters. The Morgan fingerprint density at radius 3 is 3.08 bits per heavy atom. The molecule has 1 aromatic carbocycles. The maximum absolute atomic E-state index is 10.8. The predicted octanol–water partition coefficient (Wildman–Crippen LogP) is 1.58. The number of para-hydroxylation sites is 1. The number of H-pyrrole nitrogens is 1. The normalized spacial score (nSPS) is 10.4. The first-order valence-corrected chi connectivity index (χ1v) is 3.79. The van der Waals surface area contributed by atoms with E-state index in [0.717, 1.165) is 5.39 Å². The van der Waals surface area contributed by atoms with E-state index in [2.05, 4.69) is 9.97 Å². The van der Waals surface area contributed by atoms with Crippen molar-refractivity contribution in [2.75, 3.05) is 0 Å². The number of halogens is 1. The van der Waals surface area contributed by atoms with Crippen LogP contribution in [-0.4, -0.2) is 9.97 Å². The lowest BCUT2D eigenvalue weighted by Gasteiger charge is -1.96. The van der Waals surface area contributed by atoms with E-state index in [4.69, 9.17) is 11.6 Å². The Labute approximate surface area is 73.0 Å². The number of hydrogen-bond donors (Lipinski definition) is 1. The number of fused-ring (bicyclic) bond motifs is 1. The van der Waals surface area contributed by atoms with Gasteiger partial charge in [-0.15, -0.1) is 0 Å². The zero-order valence-corrected chi connectivity index (χ0v) is 6.80. The highest BCUT2D eigenvalue weighted by Crippen LogP contribution is 2.18. The van der Waals surface area contributed by atoms with Gasteiger partial charge >= 0.3 is 5.69 Å². The number of benzene rings is 1. The predicted molar refractivity (Wildman–Crippen MR) is 47.4 cm³/mol. The Morgan fingerprint density at radius 1 is 1.42 bits per heavy atom. The van der Waals surface area contributed by atoms with E-state index in [0.29, 0.717) is 10.5 Å². The summed E-state index contributed by atoms with van der Waals surface area (Å²) in [6.45, 7) is 0. The molecule has 2 aromatic rings. The largest absolute Gasteiger partial charge is 0.345 e. The highest BCUT2D eigenvalue weighted by molar-refractivity contribution is 6.34. The van der Waals surface area contributed by atoms with Crippen molar-refractivity contribution in [3.63, 3.8) is 0 Å². The summed E-state index contributed by atoms with van der Waals surface area (Å²) in [5.41, 5.74) is 0.259. The van der Waals surface area contributed by atoms with Crippen LogP contribution in [0.3, 0.4) is 0 Å². The molecule has 0 unspecified atom stereocenters. The fourth-order valence-electron chi connectivity index (χ4n) is 1.05. The van der Waals surface area contributed by atoms with Crippen molar-refractivity contribution < 1.29 is 0 Å². The third-order valence-corrected chi connectivity index (χ3v) is 1.91. The number of nitrogens with one attached hydrogen (secondary N) is 1. The summed E-state index contributed by atoms with van der Waals surface area (Å²) in [4.78, 5) is 16.9. The zero-order valence-electron chi connectivity index (χ0n) is 6.04. The molecule has 0 aliphatic carbocycles. The molecule has 60 valence electrons.